The van der Waals surface area contributed by atoms with E-state index in [1.54, 1.807) is 11.0 Å². The van der Waals surface area contributed by atoms with E-state index in [4.69, 9.17) is 5.11 Å². The zero-order valence-corrected chi connectivity index (χ0v) is 21.8. The van der Waals surface area contributed by atoms with Crippen LogP contribution in [0.5, 0.6) is 5.75 Å². The monoisotopic (exact) mass is 506 g/mol. The molecule has 198 valence electrons. The summed E-state index contributed by atoms with van der Waals surface area (Å²) in [4.78, 5) is 33.0. The number of carbonyl (C=O) groups is 2. The summed E-state index contributed by atoms with van der Waals surface area (Å²) in [5, 5.41) is 19.3. The number of carboxylic acids is 1. The Labute approximate surface area is 219 Å². The Bertz CT molecular complexity index is 1110. The Kier molecular flexibility index (Phi) is 8.63. The van der Waals surface area contributed by atoms with Crippen LogP contribution in [0.3, 0.4) is 0 Å². The molecule has 2 N–H and O–H groups in total. The summed E-state index contributed by atoms with van der Waals surface area (Å²) in [6, 6.07) is 15.7. The molecule has 0 spiro atoms. The topological polar surface area (TPSA) is 87.6 Å². The first kappa shape index (κ1) is 26.9. The molecule has 2 aromatic rings. The third-order valence-corrected chi connectivity index (χ3v) is 7.51. The number of carboxylic acid groups (broad SMARTS) is 1. The standard InChI is InChI=1S/C29H38N4O4/c1-4-11-32-18-22(3)33(19-21(32)2)28(24-8-6-10-26(34)17-24)23-7-5-9-25(16-23)29(37)31-14-12-30(13-15-31)20-27(35)36/h4-10,16-17,21-22,28,34H,1,11-15,18-20H2,2-3H3,(H,35,36)/t21-,22+,28-/m1/s1. The molecule has 37 heavy (non-hydrogen) atoms. The molecule has 1 amide bonds. The van der Waals surface area contributed by atoms with Crippen LogP contribution in [0.15, 0.2) is 61.2 Å². The van der Waals surface area contributed by atoms with E-state index in [0.717, 1.165) is 30.8 Å². The van der Waals surface area contributed by atoms with Crippen molar-refractivity contribution in [3.63, 3.8) is 0 Å². The van der Waals surface area contributed by atoms with Crippen LogP contribution in [0, 0.1) is 0 Å². The Hall–Kier alpha value is -3.20. The van der Waals surface area contributed by atoms with Gasteiger partial charge in [0.25, 0.3) is 5.91 Å². The van der Waals surface area contributed by atoms with Crippen LogP contribution >= 0.6 is 0 Å². The van der Waals surface area contributed by atoms with Gasteiger partial charge in [-0.25, -0.2) is 0 Å². The van der Waals surface area contributed by atoms with Gasteiger partial charge in [-0.15, -0.1) is 6.58 Å². The van der Waals surface area contributed by atoms with Gasteiger partial charge in [-0.2, -0.15) is 0 Å². The number of carbonyl (C=O) groups excluding carboxylic acids is 1. The lowest BCUT2D eigenvalue weighted by Crippen LogP contribution is -2.57. The van der Waals surface area contributed by atoms with Crippen molar-refractivity contribution < 1.29 is 19.8 Å². The second-order valence-electron chi connectivity index (χ2n) is 10.2. The van der Waals surface area contributed by atoms with E-state index >= 15 is 0 Å². The summed E-state index contributed by atoms with van der Waals surface area (Å²) in [6.45, 7) is 13.1. The maximum absolute atomic E-state index is 13.4. The maximum atomic E-state index is 13.4. The molecule has 2 fully saturated rings. The molecule has 0 saturated carbocycles. The lowest BCUT2D eigenvalue weighted by atomic mass is 9.92. The number of aromatic hydroxyl groups is 1. The van der Waals surface area contributed by atoms with Crippen LogP contribution in [0.2, 0.25) is 0 Å². The van der Waals surface area contributed by atoms with Crippen LogP contribution < -0.4 is 0 Å². The van der Waals surface area contributed by atoms with Gasteiger partial charge < -0.3 is 15.1 Å². The molecule has 0 bridgehead atoms. The summed E-state index contributed by atoms with van der Waals surface area (Å²) in [6.07, 6.45) is 1.95. The number of rotatable bonds is 8. The highest BCUT2D eigenvalue weighted by molar-refractivity contribution is 5.94. The molecule has 4 rings (SSSR count). The van der Waals surface area contributed by atoms with Gasteiger partial charge in [0.15, 0.2) is 0 Å². The van der Waals surface area contributed by atoms with Gasteiger partial charge in [-0.05, 0) is 49.2 Å². The summed E-state index contributed by atoms with van der Waals surface area (Å²) in [7, 11) is 0. The first-order valence-corrected chi connectivity index (χ1v) is 13.0. The van der Waals surface area contributed by atoms with E-state index in [-0.39, 0.29) is 30.3 Å². The van der Waals surface area contributed by atoms with Gasteiger partial charge in [0, 0.05) is 63.5 Å². The largest absolute Gasteiger partial charge is 0.508 e. The molecule has 2 aromatic carbocycles. The van der Waals surface area contributed by atoms with Crippen molar-refractivity contribution in [1.29, 1.82) is 0 Å². The SMILES string of the molecule is C=CCN1C[C@H](C)N([C@@H](c2cccc(O)c2)c2cccc(C(=O)N3CCN(CC(=O)O)CC3)c2)C[C@H]1C. The number of phenolic OH excluding ortho intramolecular Hbond substituents is 1. The predicted molar refractivity (Wildman–Crippen MR) is 144 cm³/mol. The van der Waals surface area contributed by atoms with Gasteiger partial charge in [-0.3, -0.25) is 24.3 Å². The van der Waals surface area contributed by atoms with Crippen LogP contribution in [-0.4, -0.2) is 106 Å². The third-order valence-electron chi connectivity index (χ3n) is 7.51. The van der Waals surface area contributed by atoms with Crippen LogP contribution in [-0.2, 0) is 4.79 Å². The second kappa shape index (κ2) is 11.9. The second-order valence-corrected chi connectivity index (χ2v) is 10.2. The van der Waals surface area contributed by atoms with Gasteiger partial charge in [0.1, 0.15) is 5.75 Å². The molecule has 3 atom stereocenters. The van der Waals surface area contributed by atoms with Crippen molar-refractivity contribution in [2.24, 2.45) is 0 Å². The Balaban J connectivity index is 1.60. The normalized spacial score (nSPS) is 22.5. The summed E-state index contributed by atoms with van der Waals surface area (Å²) < 4.78 is 0. The summed E-state index contributed by atoms with van der Waals surface area (Å²) in [5.74, 6) is -0.664. The fraction of sp³-hybridized carbons (Fsp3) is 0.448. The van der Waals surface area contributed by atoms with Crippen molar-refractivity contribution >= 4 is 11.9 Å². The Morgan fingerprint density at radius 2 is 1.68 bits per heavy atom. The van der Waals surface area contributed by atoms with E-state index in [0.29, 0.717) is 37.8 Å². The molecule has 2 saturated heterocycles. The minimum absolute atomic E-state index is 0.000212. The number of benzene rings is 2. The minimum Gasteiger partial charge on any atom is -0.508 e. The quantitative estimate of drug-likeness (QED) is 0.533. The molecule has 0 unspecified atom stereocenters. The number of aliphatic carboxylic acids is 1. The third kappa shape index (κ3) is 6.39. The van der Waals surface area contributed by atoms with E-state index in [2.05, 4.69) is 36.3 Å². The van der Waals surface area contributed by atoms with E-state index in [1.807, 2.05) is 47.4 Å². The average molecular weight is 507 g/mol. The van der Waals surface area contributed by atoms with Gasteiger partial charge >= 0.3 is 5.97 Å². The van der Waals surface area contributed by atoms with Crippen LogP contribution in [0.25, 0.3) is 0 Å². The van der Waals surface area contributed by atoms with Crippen molar-refractivity contribution in [1.82, 2.24) is 19.6 Å². The molecular weight excluding hydrogens is 468 g/mol. The van der Waals surface area contributed by atoms with Gasteiger partial charge in [0.2, 0.25) is 0 Å². The van der Waals surface area contributed by atoms with Crippen LogP contribution in [0.4, 0.5) is 0 Å². The first-order chi connectivity index (χ1) is 17.8. The van der Waals surface area contributed by atoms with E-state index < -0.39 is 5.97 Å². The highest BCUT2D eigenvalue weighted by Gasteiger charge is 2.35. The lowest BCUT2D eigenvalue weighted by Gasteiger charge is -2.47. The zero-order chi connectivity index (χ0) is 26.5. The Morgan fingerprint density at radius 3 is 2.32 bits per heavy atom. The molecule has 8 heteroatoms. The highest BCUT2D eigenvalue weighted by atomic mass is 16.4. The molecule has 0 radical (unpaired) electrons. The number of phenols is 1. The molecule has 8 nitrogen and oxygen atoms in total. The fourth-order valence-corrected chi connectivity index (χ4v) is 5.60. The van der Waals surface area contributed by atoms with E-state index in [1.165, 1.54) is 0 Å². The molecule has 0 aliphatic carbocycles. The smallest absolute Gasteiger partial charge is 0.317 e. The molecule has 2 heterocycles. The van der Waals surface area contributed by atoms with Crippen molar-refractivity contribution in [3.05, 3.63) is 77.9 Å². The lowest BCUT2D eigenvalue weighted by molar-refractivity contribution is -0.138. The highest BCUT2D eigenvalue weighted by Crippen LogP contribution is 2.35. The summed E-state index contributed by atoms with van der Waals surface area (Å²) >= 11 is 0. The first-order valence-electron chi connectivity index (χ1n) is 13.0. The zero-order valence-electron chi connectivity index (χ0n) is 21.8. The number of hydrogen-bond acceptors (Lipinski definition) is 6. The summed E-state index contributed by atoms with van der Waals surface area (Å²) in [5.41, 5.74) is 2.63. The van der Waals surface area contributed by atoms with Crippen molar-refractivity contribution in [2.75, 3.05) is 52.4 Å². The fourth-order valence-electron chi connectivity index (χ4n) is 5.60. The van der Waals surface area contributed by atoms with Crippen LogP contribution in [0.1, 0.15) is 41.4 Å². The van der Waals surface area contributed by atoms with Crippen molar-refractivity contribution in [2.45, 2.75) is 32.0 Å². The van der Waals surface area contributed by atoms with E-state index in [9.17, 15) is 14.7 Å². The number of nitrogens with zero attached hydrogens (tertiary/aromatic N) is 4. The number of amides is 1. The predicted octanol–water partition coefficient (Wildman–Crippen LogP) is 2.90. The molecule has 2 aliphatic rings. The number of piperazine rings is 2. The van der Waals surface area contributed by atoms with Crippen molar-refractivity contribution in [3.8, 4) is 5.75 Å². The minimum atomic E-state index is -0.848. The Morgan fingerprint density at radius 1 is 1.00 bits per heavy atom. The van der Waals surface area contributed by atoms with Gasteiger partial charge in [-0.1, -0.05) is 30.3 Å². The molecule has 0 aromatic heterocycles. The molecular formula is C29H38N4O4. The van der Waals surface area contributed by atoms with Gasteiger partial charge in [0.05, 0.1) is 12.6 Å². The number of hydrogen-bond donors (Lipinski definition) is 2. The maximum Gasteiger partial charge on any atom is 0.317 e. The molecule has 2 aliphatic heterocycles. The average Bonchev–Trinajstić information content (AvgIpc) is 2.87.